The molecule has 0 radical (unpaired) electrons. The Balaban J connectivity index is 4.39. The van der Waals surface area contributed by atoms with Crippen LogP contribution in [0.2, 0.25) is 0 Å². The van der Waals surface area contributed by atoms with Crippen LogP contribution in [0.15, 0.2) is 35.1 Å². The first kappa shape index (κ1) is 10.6. The van der Waals surface area contributed by atoms with E-state index in [1.807, 2.05) is 6.92 Å². The molecule has 0 aromatic heterocycles. The molecular weight excluding hydrogens is 152 g/mol. The maximum absolute atomic E-state index is 4.76. The summed E-state index contributed by atoms with van der Waals surface area (Å²) in [7, 11) is 1.52. The maximum Gasteiger partial charge on any atom is 0.207 e. The van der Waals surface area contributed by atoms with Crippen molar-refractivity contribution in [1.29, 1.82) is 0 Å². The molecule has 0 saturated carbocycles. The summed E-state index contributed by atoms with van der Waals surface area (Å²) in [6, 6.07) is 0. The molecule has 0 aliphatic carbocycles. The first-order valence-corrected chi connectivity index (χ1v) is 3.56. The molecule has 0 N–H and O–H groups in total. The zero-order valence-corrected chi connectivity index (χ0v) is 7.79. The van der Waals surface area contributed by atoms with E-state index in [0.717, 1.165) is 5.71 Å². The smallest absolute Gasteiger partial charge is 0.207 e. The van der Waals surface area contributed by atoms with Gasteiger partial charge in [0.05, 0.1) is 7.11 Å². The second-order valence-corrected chi connectivity index (χ2v) is 2.21. The van der Waals surface area contributed by atoms with Crippen LogP contribution in [0.5, 0.6) is 0 Å². The molecule has 0 aliphatic heterocycles. The van der Waals surface area contributed by atoms with Gasteiger partial charge in [0.2, 0.25) is 5.88 Å². The van der Waals surface area contributed by atoms with Gasteiger partial charge in [0, 0.05) is 5.71 Å². The van der Waals surface area contributed by atoms with Crippen molar-refractivity contribution in [2.45, 2.75) is 13.8 Å². The van der Waals surface area contributed by atoms with Gasteiger partial charge in [0.25, 0.3) is 0 Å². The van der Waals surface area contributed by atoms with E-state index in [2.05, 4.69) is 23.1 Å². The summed E-state index contributed by atoms with van der Waals surface area (Å²) >= 11 is 0. The fraction of sp³-hybridized carbons (Fsp3) is 0.333. The van der Waals surface area contributed by atoms with Crippen LogP contribution in [-0.4, -0.2) is 18.7 Å². The molecule has 0 aromatic carbocycles. The first-order valence-electron chi connectivity index (χ1n) is 3.56. The Morgan fingerprint density at radius 2 is 1.92 bits per heavy atom. The highest BCUT2D eigenvalue weighted by atomic mass is 16.5. The largest absolute Gasteiger partial charge is 0.481 e. The van der Waals surface area contributed by atoms with Crippen LogP contribution in [0.4, 0.5) is 0 Å². The van der Waals surface area contributed by atoms with E-state index >= 15 is 0 Å². The third-order valence-electron chi connectivity index (χ3n) is 1.16. The minimum absolute atomic E-state index is 0.355. The van der Waals surface area contributed by atoms with Crippen LogP contribution in [0.25, 0.3) is 0 Å². The van der Waals surface area contributed by atoms with Crippen LogP contribution in [0.3, 0.4) is 0 Å². The number of allylic oxidation sites excluding steroid dienone is 1. The molecule has 0 amide bonds. The fourth-order valence-corrected chi connectivity index (χ4v) is 0.552. The Hall–Kier alpha value is -1.38. The van der Waals surface area contributed by atoms with E-state index in [4.69, 9.17) is 4.74 Å². The second kappa shape index (κ2) is 5.29. The maximum atomic E-state index is 4.76. The van der Waals surface area contributed by atoms with Crippen LogP contribution in [0.1, 0.15) is 13.8 Å². The predicted molar refractivity (Wildman–Crippen MR) is 52.6 cm³/mol. The highest BCUT2D eigenvalue weighted by Gasteiger charge is 1.89. The van der Waals surface area contributed by atoms with Crippen molar-refractivity contribution < 1.29 is 4.74 Å². The topological polar surface area (TPSA) is 34.0 Å². The monoisotopic (exact) mass is 166 g/mol. The van der Waals surface area contributed by atoms with Crippen molar-refractivity contribution in [3.63, 3.8) is 0 Å². The predicted octanol–water partition coefficient (Wildman–Crippen LogP) is 2.17. The van der Waals surface area contributed by atoms with Crippen molar-refractivity contribution in [3.8, 4) is 0 Å². The molecule has 0 aromatic rings. The molecule has 0 atom stereocenters. The van der Waals surface area contributed by atoms with E-state index in [1.54, 1.807) is 13.0 Å². The van der Waals surface area contributed by atoms with E-state index in [9.17, 15) is 0 Å². The molecule has 0 saturated heterocycles. The Morgan fingerprint density at radius 1 is 1.33 bits per heavy atom. The highest BCUT2D eigenvalue weighted by Crippen LogP contribution is 1.94. The number of aliphatic imine (C=N–C) groups is 2. The average Bonchev–Trinajstić information content (AvgIpc) is 2.03. The summed E-state index contributed by atoms with van der Waals surface area (Å²) in [5.74, 6) is 0.965. The van der Waals surface area contributed by atoms with Crippen LogP contribution in [0, 0.1) is 0 Å². The Kier molecular flexibility index (Phi) is 4.69. The summed E-state index contributed by atoms with van der Waals surface area (Å²) < 4.78 is 4.76. The lowest BCUT2D eigenvalue weighted by atomic mass is 10.4. The number of amidine groups is 1. The van der Waals surface area contributed by atoms with Gasteiger partial charge in [-0.1, -0.05) is 6.58 Å². The van der Waals surface area contributed by atoms with Gasteiger partial charge in [-0.3, -0.25) is 0 Å². The minimum Gasteiger partial charge on any atom is -0.481 e. The molecule has 66 valence electrons. The van der Waals surface area contributed by atoms with Crippen molar-refractivity contribution in [1.82, 2.24) is 0 Å². The lowest BCUT2D eigenvalue weighted by Crippen LogP contribution is -1.93. The Labute approximate surface area is 73.2 Å². The molecule has 0 spiro atoms. The second-order valence-electron chi connectivity index (χ2n) is 2.21. The lowest BCUT2D eigenvalue weighted by molar-refractivity contribution is 0.290. The summed E-state index contributed by atoms with van der Waals surface area (Å²) in [5.41, 5.74) is 0.820. The summed E-state index contributed by atoms with van der Waals surface area (Å²) in [6.45, 7) is 10.7. The molecule has 3 nitrogen and oxygen atoms in total. The van der Waals surface area contributed by atoms with Crippen LogP contribution in [-0.2, 0) is 4.74 Å². The number of hydrogen-bond donors (Lipinski definition) is 0. The number of methoxy groups -OCH3 is 1. The van der Waals surface area contributed by atoms with Crippen molar-refractivity contribution in [2.24, 2.45) is 9.98 Å². The molecule has 12 heavy (non-hydrogen) atoms. The SMILES string of the molecule is C=C/C(C)=N/C(C)=N\C(=C)OC. The highest BCUT2D eigenvalue weighted by molar-refractivity contribution is 6.01. The van der Waals surface area contributed by atoms with Gasteiger partial charge < -0.3 is 4.74 Å². The van der Waals surface area contributed by atoms with Gasteiger partial charge in [-0.25, -0.2) is 4.99 Å². The number of hydrogen-bond acceptors (Lipinski definition) is 2. The molecule has 0 heterocycles. The van der Waals surface area contributed by atoms with Gasteiger partial charge in [-0.2, -0.15) is 4.99 Å². The third-order valence-corrected chi connectivity index (χ3v) is 1.16. The molecular formula is C9H14N2O. The Morgan fingerprint density at radius 3 is 2.33 bits per heavy atom. The van der Waals surface area contributed by atoms with Crippen molar-refractivity contribution in [3.05, 3.63) is 25.1 Å². The van der Waals surface area contributed by atoms with Crippen molar-refractivity contribution >= 4 is 11.5 Å². The summed E-state index contributed by atoms with van der Waals surface area (Å²) in [5, 5.41) is 0. The van der Waals surface area contributed by atoms with Crippen LogP contribution >= 0.6 is 0 Å². The molecule has 0 fully saturated rings. The van der Waals surface area contributed by atoms with Gasteiger partial charge in [-0.05, 0) is 26.5 Å². The third kappa shape index (κ3) is 4.44. The lowest BCUT2D eigenvalue weighted by Gasteiger charge is -1.97. The van der Waals surface area contributed by atoms with E-state index in [1.165, 1.54) is 7.11 Å². The molecule has 3 heteroatoms. The quantitative estimate of drug-likeness (QED) is 0.359. The van der Waals surface area contributed by atoms with E-state index in [0.29, 0.717) is 11.7 Å². The molecule has 0 rings (SSSR count). The molecule has 0 unspecified atom stereocenters. The van der Waals surface area contributed by atoms with Gasteiger partial charge in [0.15, 0.2) is 0 Å². The standard InChI is InChI=1S/C9H14N2O/c1-6-7(2)10-8(3)11-9(4)12-5/h6H,1,4H2,2-3,5H3/b10-7+,11-8-. The number of ether oxygens (including phenoxy) is 1. The zero-order valence-electron chi connectivity index (χ0n) is 7.79. The van der Waals surface area contributed by atoms with Gasteiger partial charge in [0.1, 0.15) is 5.84 Å². The number of nitrogens with zero attached hydrogens (tertiary/aromatic N) is 2. The van der Waals surface area contributed by atoms with E-state index in [-0.39, 0.29) is 0 Å². The molecule has 0 aliphatic rings. The Bertz CT molecular complexity index is 239. The minimum atomic E-state index is 0.355. The fourth-order valence-electron chi connectivity index (χ4n) is 0.552. The summed E-state index contributed by atoms with van der Waals surface area (Å²) in [6.07, 6.45) is 1.66. The molecule has 0 bridgehead atoms. The normalized spacial score (nSPS) is 12.6. The van der Waals surface area contributed by atoms with Crippen LogP contribution < -0.4 is 0 Å². The van der Waals surface area contributed by atoms with Gasteiger partial charge in [-0.15, -0.1) is 0 Å². The van der Waals surface area contributed by atoms with Crippen molar-refractivity contribution in [2.75, 3.05) is 7.11 Å². The summed E-state index contributed by atoms with van der Waals surface area (Å²) in [4.78, 5) is 8.04. The van der Waals surface area contributed by atoms with E-state index < -0.39 is 0 Å². The first-order chi connectivity index (χ1) is 5.60. The zero-order chi connectivity index (χ0) is 9.56. The average molecular weight is 166 g/mol. The van der Waals surface area contributed by atoms with Gasteiger partial charge >= 0.3 is 0 Å². The number of rotatable bonds is 3.